The van der Waals surface area contributed by atoms with E-state index in [0.717, 1.165) is 6.42 Å². The van der Waals surface area contributed by atoms with Crippen LogP contribution in [0.3, 0.4) is 0 Å². The molecule has 4 nitrogen and oxygen atoms in total. The zero-order valence-electron chi connectivity index (χ0n) is 11.6. The average molecular weight is 264 g/mol. The van der Waals surface area contributed by atoms with Gasteiger partial charge >= 0.3 is 11.9 Å². The molecule has 2 aliphatic rings. The monoisotopic (exact) mass is 264 g/mol. The standard InChI is InChI=1S/C15H20O4/c1-10-9-14(3)11(2)5-4-7-15(14,19-13(10)18)8-6-12(16)17/h4,7,9,11H,5-6,8H2,1-3H3,(H,16,17). The fraction of sp³-hybridized carbons (Fsp3) is 0.600. The molecule has 1 N–H and O–H groups in total. The number of carboxylic acid groups (broad SMARTS) is 1. The van der Waals surface area contributed by atoms with Crippen LogP contribution in [0, 0.1) is 11.3 Å². The van der Waals surface area contributed by atoms with E-state index in [1.807, 2.05) is 18.2 Å². The Morgan fingerprint density at radius 3 is 2.89 bits per heavy atom. The summed E-state index contributed by atoms with van der Waals surface area (Å²) >= 11 is 0. The molecule has 0 saturated carbocycles. The molecule has 3 atom stereocenters. The Balaban J connectivity index is 2.46. The third-order valence-corrected chi connectivity index (χ3v) is 4.64. The zero-order valence-corrected chi connectivity index (χ0v) is 11.6. The van der Waals surface area contributed by atoms with Crippen molar-refractivity contribution in [2.45, 2.75) is 45.6 Å². The lowest BCUT2D eigenvalue weighted by Gasteiger charge is -2.52. The van der Waals surface area contributed by atoms with Gasteiger partial charge in [0.05, 0.1) is 0 Å². The predicted molar refractivity (Wildman–Crippen MR) is 70.5 cm³/mol. The van der Waals surface area contributed by atoms with E-state index < -0.39 is 11.6 Å². The van der Waals surface area contributed by atoms with Crippen molar-refractivity contribution in [3.63, 3.8) is 0 Å². The van der Waals surface area contributed by atoms with Crippen LogP contribution in [0.1, 0.15) is 40.0 Å². The molecule has 1 aliphatic heterocycles. The topological polar surface area (TPSA) is 63.6 Å². The molecule has 0 saturated heterocycles. The first kappa shape index (κ1) is 13.8. The molecule has 1 heterocycles. The molecular weight excluding hydrogens is 244 g/mol. The molecule has 0 amide bonds. The first-order valence-electron chi connectivity index (χ1n) is 6.63. The molecule has 1 aliphatic carbocycles. The number of carbonyl (C=O) groups excluding carboxylic acids is 1. The second kappa shape index (κ2) is 4.51. The number of aliphatic carboxylic acids is 1. The van der Waals surface area contributed by atoms with Gasteiger partial charge in [-0.25, -0.2) is 4.79 Å². The van der Waals surface area contributed by atoms with E-state index in [-0.39, 0.29) is 17.8 Å². The van der Waals surface area contributed by atoms with E-state index in [1.54, 1.807) is 6.92 Å². The summed E-state index contributed by atoms with van der Waals surface area (Å²) in [5.74, 6) is -0.915. The number of rotatable bonds is 3. The van der Waals surface area contributed by atoms with Crippen LogP contribution >= 0.6 is 0 Å². The van der Waals surface area contributed by atoms with Crippen molar-refractivity contribution in [2.75, 3.05) is 0 Å². The van der Waals surface area contributed by atoms with Crippen LogP contribution in [0.25, 0.3) is 0 Å². The van der Waals surface area contributed by atoms with E-state index in [9.17, 15) is 9.59 Å². The normalized spacial score (nSPS) is 37.3. The van der Waals surface area contributed by atoms with Gasteiger partial charge in [0.1, 0.15) is 5.60 Å². The average Bonchev–Trinajstić information content (AvgIpc) is 2.32. The number of carboxylic acids is 1. The van der Waals surface area contributed by atoms with Crippen molar-refractivity contribution in [3.05, 3.63) is 23.8 Å². The van der Waals surface area contributed by atoms with Crippen LogP contribution in [0.5, 0.6) is 0 Å². The van der Waals surface area contributed by atoms with Gasteiger partial charge in [-0.1, -0.05) is 26.0 Å². The Kier molecular flexibility index (Phi) is 3.29. The van der Waals surface area contributed by atoms with E-state index >= 15 is 0 Å². The molecule has 0 fully saturated rings. The summed E-state index contributed by atoms with van der Waals surface area (Å²) in [5.41, 5.74) is -0.551. The Labute approximate surface area is 113 Å². The summed E-state index contributed by atoms with van der Waals surface area (Å²) in [6.45, 7) is 5.92. The number of hydrogen-bond donors (Lipinski definition) is 1. The first-order valence-corrected chi connectivity index (χ1v) is 6.63. The van der Waals surface area contributed by atoms with Gasteiger partial charge in [-0.2, -0.15) is 0 Å². The largest absolute Gasteiger partial charge is 0.481 e. The fourth-order valence-corrected chi connectivity index (χ4v) is 3.16. The van der Waals surface area contributed by atoms with Crippen LogP contribution in [-0.2, 0) is 14.3 Å². The van der Waals surface area contributed by atoms with Gasteiger partial charge in [-0.15, -0.1) is 0 Å². The van der Waals surface area contributed by atoms with E-state index in [2.05, 4.69) is 13.8 Å². The minimum atomic E-state index is -0.870. The quantitative estimate of drug-likeness (QED) is 0.628. The summed E-state index contributed by atoms with van der Waals surface area (Å²) in [4.78, 5) is 22.7. The lowest BCUT2D eigenvalue weighted by Crippen LogP contribution is -2.55. The highest BCUT2D eigenvalue weighted by molar-refractivity contribution is 5.89. The SMILES string of the molecule is CC1=CC2(C)C(C)CC=CC2(CCC(=O)O)OC1=O. The van der Waals surface area contributed by atoms with Crippen molar-refractivity contribution in [1.82, 2.24) is 0 Å². The number of esters is 1. The maximum Gasteiger partial charge on any atom is 0.334 e. The Morgan fingerprint density at radius 1 is 1.58 bits per heavy atom. The molecule has 104 valence electrons. The lowest BCUT2D eigenvalue weighted by molar-refractivity contribution is -0.170. The number of carbonyl (C=O) groups is 2. The maximum atomic E-state index is 11.9. The van der Waals surface area contributed by atoms with Gasteiger partial charge < -0.3 is 9.84 Å². The third kappa shape index (κ3) is 2.09. The number of ether oxygens (including phenoxy) is 1. The van der Waals surface area contributed by atoms with Gasteiger partial charge in [0.25, 0.3) is 0 Å². The van der Waals surface area contributed by atoms with E-state index in [1.165, 1.54) is 0 Å². The minimum absolute atomic E-state index is 0.00713. The van der Waals surface area contributed by atoms with Crippen LogP contribution in [0.15, 0.2) is 23.8 Å². The smallest absolute Gasteiger partial charge is 0.334 e. The van der Waals surface area contributed by atoms with Gasteiger partial charge in [0.2, 0.25) is 0 Å². The van der Waals surface area contributed by atoms with Crippen molar-refractivity contribution in [3.8, 4) is 0 Å². The van der Waals surface area contributed by atoms with Gasteiger partial charge in [0.15, 0.2) is 0 Å². The van der Waals surface area contributed by atoms with Crippen LogP contribution in [-0.4, -0.2) is 22.6 Å². The highest BCUT2D eigenvalue weighted by Crippen LogP contribution is 2.53. The second-order valence-corrected chi connectivity index (χ2v) is 5.82. The van der Waals surface area contributed by atoms with Crippen LogP contribution in [0.4, 0.5) is 0 Å². The molecule has 0 bridgehead atoms. The van der Waals surface area contributed by atoms with Gasteiger partial charge in [-0.3, -0.25) is 4.79 Å². The zero-order chi connectivity index (χ0) is 14.3. The fourth-order valence-electron chi connectivity index (χ4n) is 3.16. The minimum Gasteiger partial charge on any atom is -0.481 e. The van der Waals surface area contributed by atoms with Crippen molar-refractivity contribution >= 4 is 11.9 Å². The first-order chi connectivity index (χ1) is 8.81. The lowest BCUT2D eigenvalue weighted by atomic mass is 9.58. The summed E-state index contributed by atoms with van der Waals surface area (Å²) in [6, 6.07) is 0. The van der Waals surface area contributed by atoms with Crippen molar-refractivity contribution in [2.24, 2.45) is 11.3 Å². The predicted octanol–water partition coefficient (Wildman–Crippen LogP) is 2.70. The highest BCUT2D eigenvalue weighted by atomic mass is 16.6. The number of fused-ring (bicyclic) bond motifs is 1. The molecule has 0 aromatic carbocycles. The molecule has 0 radical (unpaired) electrons. The molecule has 4 heteroatoms. The summed E-state index contributed by atoms with van der Waals surface area (Å²) in [7, 11) is 0. The van der Waals surface area contributed by atoms with E-state index in [4.69, 9.17) is 9.84 Å². The summed E-state index contributed by atoms with van der Waals surface area (Å²) in [5, 5.41) is 8.92. The number of hydrogen-bond acceptors (Lipinski definition) is 3. The number of allylic oxidation sites excluding steroid dienone is 1. The molecule has 0 spiro atoms. The summed E-state index contributed by atoms with van der Waals surface area (Å²) < 4.78 is 5.66. The molecule has 19 heavy (non-hydrogen) atoms. The Hall–Kier alpha value is -1.58. The van der Waals surface area contributed by atoms with E-state index in [0.29, 0.717) is 17.9 Å². The van der Waals surface area contributed by atoms with Gasteiger partial charge in [0, 0.05) is 23.8 Å². The van der Waals surface area contributed by atoms with Crippen molar-refractivity contribution in [1.29, 1.82) is 0 Å². The third-order valence-electron chi connectivity index (χ3n) is 4.64. The van der Waals surface area contributed by atoms with Crippen LogP contribution < -0.4 is 0 Å². The maximum absolute atomic E-state index is 11.9. The molecular formula is C15H20O4. The highest BCUT2D eigenvalue weighted by Gasteiger charge is 2.55. The molecule has 2 rings (SSSR count). The Morgan fingerprint density at radius 2 is 2.26 bits per heavy atom. The van der Waals surface area contributed by atoms with Crippen LogP contribution in [0.2, 0.25) is 0 Å². The van der Waals surface area contributed by atoms with Crippen molar-refractivity contribution < 1.29 is 19.4 Å². The molecule has 0 aromatic rings. The second-order valence-electron chi connectivity index (χ2n) is 5.82. The molecule has 3 unspecified atom stereocenters. The summed E-state index contributed by atoms with van der Waals surface area (Å²) in [6.07, 6.45) is 7.07. The Bertz CT molecular complexity index is 477. The molecule has 0 aromatic heterocycles. The van der Waals surface area contributed by atoms with Gasteiger partial charge in [-0.05, 0) is 25.3 Å².